The van der Waals surface area contributed by atoms with E-state index in [0.29, 0.717) is 11.4 Å². The number of H-pyrrole nitrogens is 2. The van der Waals surface area contributed by atoms with E-state index in [9.17, 15) is 19.2 Å². The van der Waals surface area contributed by atoms with Crippen LogP contribution in [0.4, 0.5) is 0 Å². The van der Waals surface area contributed by atoms with Crippen molar-refractivity contribution in [3.63, 3.8) is 0 Å². The predicted molar refractivity (Wildman–Crippen MR) is 140 cm³/mol. The molecule has 12 nitrogen and oxygen atoms in total. The summed E-state index contributed by atoms with van der Waals surface area (Å²) in [6.07, 6.45) is 7.26. The lowest BCUT2D eigenvalue weighted by atomic mass is 10.0. The van der Waals surface area contributed by atoms with Gasteiger partial charge in [0.1, 0.15) is 18.6 Å². The number of rotatable bonds is 14. The molecule has 1 aromatic carbocycles. The lowest BCUT2D eigenvalue weighted by Crippen LogP contribution is -2.57. The minimum atomic E-state index is -1.20. The highest BCUT2D eigenvalue weighted by atomic mass is 32.2. The molecule has 8 N–H and O–H groups in total. The number of hydrogen-bond donors (Lipinski definition) is 7. The summed E-state index contributed by atoms with van der Waals surface area (Å²) < 4.78 is 0. The molecule has 3 aromatic rings. The molecule has 0 aliphatic rings. The highest BCUT2D eigenvalue weighted by Crippen LogP contribution is 2.18. The zero-order valence-electron chi connectivity index (χ0n) is 20.3. The van der Waals surface area contributed by atoms with E-state index in [1.54, 1.807) is 6.20 Å². The number of nitrogens with zero attached hydrogens (tertiary/aromatic N) is 1. The molecule has 37 heavy (non-hydrogen) atoms. The molecule has 3 amide bonds. The molecule has 198 valence electrons. The van der Waals surface area contributed by atoms with Crippen LogP contribution in [0.15, 0.2) is 43.0 Å². The Morgan fingerprint density at radius 3 is 2.51 bits per heavy atom. The van der Waals surface area contributed by atoms with Gasteiger partial charge >= 0.3 is 5.97 Å². The van der Waals surface area contributed by atoms with Crippen LogP contribution in [0.3, 0.4) is 0 Å². The third kappa shape index (κ3) is 8.08. The maximum atomic E-state index is 13.2. The minimum absolute atomic E-state index is 0.0867. The first-order valence-electron chi connectivity index (χ1n) is 11.7. The van der Waals surface area contributed by atoms with E-state index in [1.807, 2.05) is 30.5 Å². The number of fused-ring (bicyclic) bond motifs is 1. The van der Waals surface area contributed by atoms with Crippen LogP contribution in [0.1, 0.15) is 17.7 Å². The Balaban J connectivity index is 1.70. The number of carboxylic acids is 1. The molecular weight excluding hydrogens is 498 g/mol. The number of nitrogens with one attached hydrogen (secondary N) is 5. The molecule has 2 heterocycles. The molecule has 0 saturated heterocycles. The molecule has 0 aliphatic heterocycles. The molecular formula is C24H31N7O5S. The molecule has 0 saturated carbocycles. The summed E-state index contributed by atoms with van der Waals surface area (Å²) >= 11 is 1.48. The highest BCUT2D eigenvalue weighted by Gasteiger charge is 2.29. The third-order valence-electron chi connectivity index (χ3n) is 5.72. The van der Waals surface area contributed by atoms with Gasteiger partial charge in [-0.05, 0) is 36.5 Å². The number of amides is 3. The van der Waals surface area contributed by atoms with E-state index < -0.39 is 48.4 Å². The monoisotopic (exact) mass is 529 g/mol. The van der Waals surface area contributed by atoms with E-state index >= 15 is 0 Å². The Hall–Kier alpha value is -3.84. The molecule has 2 aromatic heterocycles. The summed E-state index contributed by atoms with van der Waals surface area (Å²) in [5.74, 6) is -2.39. The molecule has 0 radical (unpaired) electrons. The van der Waals surface area contributed by atoms with E-state index in [1.165, 1.54) is 24.3 Å². The first-order chi connectivity index (χ1) is 17.8. The maximum absolute atomic E-state index is 13.2. The number of hydrogen-bond acceptors (Lipinski definition) is 7. The van der Waals surface area contributed by atoms with Gasteiger partial charge in [0, 0.05) is 35.4 Å². The second kappa shape index (κ2) is 13.5. The predicted octanol–water partition coefficient (Wildman–Crippen LogP) is -0.0730. The van der Waals surface area contributed by atoms with Gasteiger partial charge in [-0.2, -0.15) is 11.8 Å². The Kier molecular flexibility index (Phi) is 10.1. The summed E-state index contributed by atoms with van der Waals surface area (Å²) in [5.41, 5.74) is 8.61. The molecule has 0 aliphatic carbocycles. The van der Waals surface area contributed by atoms with Crippen molar-refractivity contribution in [2.45, 2.75) is 37.4 Å². The number of para-hydroxylation sites is 1. The fraction of sp³-hybridized carbons (Fsp3) is 0.375. The van der Waals surface area contributed by atoms with Gasteiger partial charge < -0.3 is 36.8 Å². The summed E-state index contributed by atoms with van der Waals surface area (Å²) in [4.78, 5) is 59.6. The average molecular weight is 530 g/mol. The number of nitrogens with two attached hydrogens (primary N) is 1. The van der Waals surface area contributed by atoms with Crippen molar-refractivity contribution in [3.8, 4) is 0 Å². The largest absolute Gasteiger partial charge is 0.480 e. The number of aromatic nitrogens is 3. The van der Waals surface area contributed by atoms with Crippen LogP contribution >= 0.6 is 11.8 Å². The smallest absolute Gasteiger partial charge is 0.322 e. The Morgan fingerprint density at radius 1 is 1.05 bits per heavy atom. The second-order valence-electron chi connectivity index (χ2n) is 8.47. The molecule has 3 atom stereocenters. The van der Waals surface area contributed by atoms with Crippen LogP contribution in [0, 0.1) is 0 Å². The zero-order valence-corrected chi connectivity index (χ0v) is 21.1. The second-order valence-corrected chi connectivity index (χ2v) is 9.45. The van der Waals surface area contributed by atoms with Gasteiger partial charge in [0.05, 0.1) is 12.4 Å². The zero-order chi connectivity index (χ0) is 26.8. The van der Waals surface area contributed by atoms with Crippen LogP contribution in [0.5, 0.6) is 0 Å². The maximum Gasteiger partial charge on any atom is 0.322 e. The fourth-order valence-corrected chi connectivity index (χ4v) is 4.27. The topological polar surface area (TPSA) is 195 Å². The van der Waals surface area contributed by atoms with E-state index in [2.05, 4.69) is 30.9 Å². The van der Waals surface area contributed by atoms with Crippen molar-refractivity contribution in [2.75, 3.05) is 18.6 Å². The van der Waals surface area contributed by atoms with Gasteiger partial charge in [0.15, 0.2) is 0 Å². The highest BCUT2D eigenvalue weighted by molar-refractivity contribution is 7.98. The van der Waals surface area contributed by atoms with E-state index in [4.69, 9.17) is 10.8 Å². The summed E-state index contributed by atoms with van der Waals surface area (Å²) in [6, 6.07) is 4.71. The molecule has 0 spiro atoms. The fourth-order valence-electron chi connectivity index (χ4n) is 3.80. The normalized spacial score (nSPS) is 13.5. The van der Waals surface area contributed by atoms with Crippen molar-refractivity contribution in [1.29, 1.82) is 0 Å². The SMILES string of the molecule is CSCCC(NC(=O)C(Cc1cnc[nH]1)NC(=O)C(N)Cc1c[nH]c2ccccc12)C(=O)NCC(=O)O. The van der Waals surface area contributed by atoms with Gasteiger partial charge in [-0.3, -0.25) is 19.2 Å². The summed E-state index contributed by atoms with van der Waals surface area (Å²) in [5, 5.41) is 17.5. The Morgan fingerprint density at radius 2 is 1.81 bits per heavy atom. The number of aromatic amines is 2. The van der Waals surface area contributed by atoms with Gasteiger partial charge in [0.25, 0.3) is 0 Å². The number of carbonyl (C=O) groups is 4. The summed E-state index contributed by atoms with van der Waals surface area (Å²) in [7, 11) is 0. The van der Waals surface area contributed by atoms with E-state index in [-0.39, 0.29) is 19.3 Å². The van der Waals surface area contributed by atoms with Crippen LogP contribution in [0.2, 0.25) is 0 Å². The van der Waals surface area contributed by atoms with Crippen LogP contribution in [-0.4, -0.2) is 80.4 Å². The number of thioether (sulfide) groups is 1. The molecule has 13 heteroatoms. The number of carbonyl (C=O) groups excluding carboxylic acids is 3. The standard InChI is InChI=1S/C24H31N7O5S/c1-37-7-6-19(23(35)28-12-21(32)33)30-24(36)20(9-15-11-26-13-29-15)31-22(34)17(25)8-14-10-27-18-5-3-2-4-16(14)18/h2-5,10-11,13,17,19-20,27H,6-9,12,25H2,1H3,(H,26,29)(H,28,35)(H,30,36)(H,31,34)(H,32,33). The molecule has 3 rings (SSSR count). The van der Waals surface area contributed by atoms with Gasteiger partial charge in [-0.1, -0.05) is 18.2 Å². The summed E-state index contributed by atoms with van der Waals surface area (Å²) in [6.45, 7) is -0.568. The van der Waals surface area contributed by atoms with Crippen LogP contribution in [0.25, 0.3) is 10.9 Å². The molecule has 0 bridgehead atoms. The number of benzene rings is 1. The first kappa shape index (κ1) is 27.7. The van der Waals surface area contributed by atoms with Crippen molar-refractivity contribution < 1.29 is 24.3 Å². The number of carboxylic acid groups (broad SMARTS) is 1. The molecule has 0 fully saturated rings. The van der Waals surface area contributed by atoms with Crippen molar-refractivity contribution >= 4 is 46.4 Å². The number of imidazole rings is 1. The first-order valence-corrected chi connectivity index (χ1v) is 13.0. The van der Waals surface area contributed by atoms with Crippen molar-refractivity contribution in [3.05, 3.63) is 54.2 Å². The lowest BCUT2D eigenvalue weighted by Gasteiger charge is -2.24. The Labute approximate surface area is 217 Å². The molecule has 3 unspecified atom stereocenters. The van der Waals surface area contributed by atoms with Crippen molar-refractivity contribution in [1.82, 2.24) is 30.9 Å². The minimum Gasteiger partial charge on any atom is -0.480 e. The van der Waals surface area contributed by atoms with Gasteiger partial charge in [-0.25, -0.2) is 4.98 Å². The Bertz CT molecular complexity index is 1210. The van der Waals surface area contributed by atoms with E-state index in [0.717, 1.165) is 16.5 Å². The number of aliphatic carboxylic acids is 1. The average Bonchev–Trinajstić information content (AvgIpc) is 3.54. The van der Waals surface area contributed by atoms with Crippen LogP contribution in [-0.2, 0) is 32.0 Å². The quantitative estimate of drug-likeness (QED) is 0.151. The van der Waals surface area contributed by atoms with Gasteiger partial charge in [0.2, 0.25) is 17.7 Å². The van der Waals surface area contributed by atoms with Crippen molar-refractivity contribution in [2.24, 2.45) is 5.73 Å². The van der Waals surface area contributed by atoms with Gasteiger partial charge in [-0.15, -0.1) is 0 Å². The lowest BCUT2D eigenvalue weighted by molar-refractivity contribution is -0.138. The third-order valence-corrected chi connectivity index (χ3v) is 6.36. The van der Waals surface area contributed by atoms with Crippen LogP contribution < -0.4 is 21.7 Å².